The molecule has 3 aromatic rings. The number of carbonyl (C=O) groups excluding carboxylic acids is 1. The second-order valence-corrected chi connectivity index (χ2v) is 7.18. The van der Waals surface area contributed by atoms with Crippen LogP contribution in [0.5, 0.6) is 0 Å². The molecule has 148 valence electrons. The first kappa shape index (κ1) is 18.9. The molecule has 0 bridgehead atoms. The van der Waals surface area contributed by atoms with Gasteiger partial charge in [-0.25, -0.2) is 9.37 Å². The maximum atomic E-state index is 13.3. The monoisotopic (exact) mass is 390 g/mol. The van der Waals surface area contributed by atoms with Gasteiger partial charge in [0, 0.05) is 37.6 Å². The summed E-state index contributed by atoms with van der Waals surface area (Å²) in [5, 5.41) is 2.66. The highest BCUT2D eigenvalue weighted by atomic mass is 19.1. The Morgan fingerprint density at radius 3 is 2.31 bits per heavy atom. The predicted molar refractivity (Wildman–Crippen MR) is 114 cm³/mol. The van der Waals surface area contributed by atoms with Crippen LogP contribution >= 0.6 is 0 Å². The number of nitrogens with zero attached hydrogens (tertiary/aromatic N) is 3. The SMILES string of the molecule is Cc1cccc(N2CCN(c3ccc(C(=O)Nc4cccc(F)c4)nc3)CC2)c1. The molecule has 1 fully saturated rings. The number of carbonyl (C=O) groups is 1. The van der Waals surface area contributed by atoms with Crippen LogP contribution in [0.15, 0.2) is 66.9 Å². The first-order valence-corrected chi connectivity index (χ1v) is 9.68. The van der Waals surface area contributed by atoms with Gasteiger partial charge in [0.2, 0.25) is 0 Å². The molecule has 5 nitrogen and oxygen atoms in total. The minimum absolute atomic E-state index is 0.302. The lowest BCUT2D eigenvalue weighted by molar-refractivity contribution is 0.102. The molecule has 4 rings (SSSR count). The molecule has 1 amide bonds. The Morgan fingerprint density at radius 1 is 0.931 bits per heavy atom. The average Bonchev–Trinajstić information content (AvgIpc) is 2.74. The van der Waals surface area contributed by atoms with Crippen LogP contribution in [0.4, 0.5) is 21.5 Å². The van der Waals surface area contributed by atoms with E-state index in [9.17, 15) is 9.18 Å². The van der Waals surface area contributed by atoms with Crippen molar-refractivity contribution in [2.75, 3.05) is 41.3 Å². The zero-order chi connectivity index (χ0) is 20.2. The number of pyridine rings is 1. The molecule has 0 unspecified atom stereocenters. The number of rotatable bonds is 4. The van der Waals surface area contributed by atoms with Crippen molar-refractivity contribution >= 4 is 23.0 Å². The third-order valence-electron chi connectivity index (χ3n) is 5.07. The van der Waals surface area contributed by atoms with E-state index in [1.54, 1.807) is 24.4 Å². The van der Waals surface area contributed by atoms with Crippen LogP contribution in [-0.4, -0.2) is 37.1 Å². The van der Waals surface area contributed by atoms with Crippen LogP contribution in [0.1, 0.15) is 16.1 Å². The molecule has 2 aromatic carbocycles. The van der Waals surface area contributed by atoms with Crippen molar-refractivity contribution in [2.24, 2.45) is 0 Å². The number of aryl methyl sites for hydroxylation is 1. The van der Waals surface area contributed by atoms with Gasteiger partial charge >= 0.3 is 0 Å². The Kier molecular flexibility index (Phi) is 5.42. The Hall–Kier alpha value is -3.41. The lowest BCUT2D eigenvalue weighted by atomic mass is 10.2. The van der Waals surface area contributed by atoms with E-state index in [1.165, 1.54) is 23.4 Å². The predicted octanol–water partition coefficient (Wildman–Crippen LogP) is 4.11. The highest BCUT2D eigenvalue weighted by molar-refractivity contribution is 6.02. The third kappa shape index (κ3) is 4.54. The summed E-state index contributed by atoms with van der Waals surface area (Å²) in [7, 11) is 0. The van der Waals surface area contributed by atoms with Gasteiger partial charge in [0.15, 0.2) is 0 Å². The number of nitrogens with one attached hydrogen (secondary N) is 1. The van der Waals surface area contributed by atoms with E-state index in [4.69, 9.17) is 0 Å². The van der Waals surface area contributed by atoms with Crippen LogP contribution in [0.2, 0.25) is 0 Å². The van der Waals surface area contributed by atoms with Crippen molar-refractivity contribution in [1.29, 1.82) is 0 Å². The number of piperazine rings is 1. The van der Waals surface area contributed by atoms with Crippen molar-refractivity contribution in [2.45, 2.75) is 6.92 Å². The number of amides is 1. The van der Waals surface area contributed by atoms with Crippen LogP contribution in [0, 0.1) is 12.7 Å². The Bertz CT molecular complexity index is 998. The third-order valence-corrected chi connectivity index (χ3v) is 5.07. The number of halogens is 1. The molecular formula is C23H23FN4O. The smallest absolute Gasteiger partial charge is 0.274 e. The molecule has 0 spiro atoms. The molecule has 2 heterocycles. The first-order chi connectivity index (χ1) is 14.1. The maximum absolute atomic E-state index is 13.3. The molecule has 0 saturated carbocycles. The topological polar surface area (TPSA) is 48.5 Å². The first-order valence-electron chi connectivity index (χ1n) is 9.68. The molecule has 6 heteroatoms. The van der Waals surface area contributed by atoms with Crippen molar-refractivity contribution in [3.63, 3.8) is 0 Å². The number of hydrogen-bond acceptors (Lipinski definition) is 4. The number of anilines is 3. The minimum Gasteiger partial charge on any atom is -0.368 e. The quantitative estimate of drug-likeness (QED) is 0.728. The van der Waals surface area contributed by atoms with Gasteiger partial charge in [0.1, 0.15) is 11.5 Å². The molecule has 1 aromatic heterocycles. The van der Waals surface area contributed by atoms with E-state index >= 15 is 0 Å². The van der Waals surface area contributed by atoms with Gasteiger partial charge in [-0.05, 0) is 55.0 Å². The molecule has 1 saturated heterocycles. The van der Waals surface area contributed by atoms with Gasteiger partial charge in [0.25, 0.3) is 5.91 Å². The fraction of sp³-hybridized carbons (Fsp3) is 0.217. The lowest BCUT2D eigenvalue weighted by Crippen LogP contribution is -2.46. The van der Waals surface area contributed by atoms with E-state index in [-0.39, 0.29) is 5.91 Å². The van der Waals surface area contributed by atoms with Crippen LogP contribution in [0.3, 0.4) is 0 Å². The number of aromatic nitrogens is 1. The maximum Gasteiger partial charge on any atom is 0.274 e. The molecule has 1 N–H and O–H groups in total. The Balaban J connectivity index is 1.36. The largest absolute Gasteiger partial charge is 0.368 e. The standard InChI is InChI=1S/C23H23FN4O/c1-17-4-2-7-20(14-17)27-10-12-28(13-11-27)21-8-9-22(25-16-21)23(29)26-19-6-3-5-18(24)15-19/h2-9,14-16H,10-13H2,1H3,(H,26,29). The highest BCUT2D eigenvalue weighted by Crippen LogP contribution is 2.21. The molecule has 1 aliphatic heterocycles. The summed E-state index contributed by atoms with van der Waals surface area (Å²) in [5.41, 5.74) is 4.23. The summed E-state index contributed by atoms with van der Waals surface area (Å²) in [6.45, 7) is 5.77. The fourth-order valence-corrected chi connectivity index (χ4v) is 3.52. The summed E-state index contributed by atoms with van der Waals surface area (Å²) in [6, 6.07) is 18.0. The van der Waals surface area contributed by atoms with Crippen LogP contribution in [-0.2, 0) is 0 Å². The van der Waals surface area contributed by atoms with Gasteiger partial charge in [-0.1, -0.05) is 18.2 Å². The van der Waals surface area contributed by atoms with Crippen molar-refractivity contribution in [3.05, 3.63) is 83.9 Å². The van der Waals surface area contributed by atoms with E-state index < -0.39 is 5.82 Å². The molecule has 0 aliphatic carbocycles. The van der Waals surface area contributed by atoms with Gasteiger partial charge in [0.05, 0.1) is 11.9 Å². The van der Waals surface area contributed by atoms with E-state index in [0.717, 1.165) is 31.9 Å². The molecule has 29 heavy (non-hydrogen) atoms. The van der Waals surface area contributed by atoms with E-state index in [0.29, 0.717) is 11.4 Å². The second kappa shape index (κ2) is 8.31. The second-order valence-electron chi connectivity index (χ2n) is 7.18. The normalized spacial score (nSPS) is 14.0. The summed E-state index contributed by atoms with van der Waals surface area (Å²) < 4.78 is 13.3. The zero-order valence-electron chi connectivity index (χ0n) is 16.3. The van der Waals surface area contributed by atoms with Crippen molar-refractivity contribution in [1.82, 2.24) is 4.98 Å². The number of hydrogen-bond donors (Lipinski definition) is 1. The van der Waals surface area contributed by atoms with Crippen molar-refractivity contribution < 1.29 is 9.18 Å². The Labute approximate surface area is 169 Å². The van der Waals surface area contributed by atoms with Crippen LogP contribution < -0.4 is 15.1 Å². The molecule has 0 atom stereocenters. The summed E-state index contributed by atoms with van der Waals surface area (Å²) >= 11 is 0. The van der Waals surface area contributed by atoms with E-state index in [2.05, 4.69) is 51.3 Å². The van der Waals surface area contributed by atoms with Gasteiger partial charge in [-0.15, -0.1) is 0 Å². The van der Waals surface area contributed by atoms with Crippen LogP contribution in [0.25, 0.3) is 0 Å². The lowest BCUT2D eigenvalue weighted by Gasteiger charge is -2.37. The van der Waals surface area contributed by atoms with Gasteiger partial charge in [-0.2, -0.15) is 0 Å². The molecule has 1 aliphatic rings. The minimum atomic E-state index is -0.393. The van der Waals surface area contributed by atoms with E-state index in [1.807, 2.05) is 6.07 Å². The average molecular weight is 390 g/mol. The summed E-state index contributed by atoms with van der Waals surface area (Å²) in [5.74, 6) is -0.748. The van der Waals surface area contributed by atoms with Crippen molar-refractivity contribution in [3.8, 4) is 0 Å². The summed E-state index contributed by atoms with van der Waals surface area (Å²) in [4.78, 5) is 21.3. The van der Waals surface area contributed by atoms with Gasteiger partial charge < -0.3 is 15.1 Å². The number of benzene rings is 2. The highest BCUT2D eigenvalue weighted by Gasteiger charge is 2.18. The Morgan fingerprint density at radius 2 is 1.66 bits per heavy atom. The van der Waals surface area contributed by atoms with Gasteiger partial charge in [-0.3, -0.25) is 4.79 Å². The zero-order valence-corrected chi connectivity index (χ0v) is 16.3. The fourth-order valence-electron chi connectivity index (χ4n) is 3.52. The summed E-state index contributed by atoms with van der Waals surface area (Å²) in [6.07, 6.45) is 1.73. The molecule has 0 radical (unpaired) electrons. The molecular weight excluding hydrogens is 367 g/mol.